The fourth-order valence-corrected chi connectivity index (χ4v) is 2.41. The van der Waals surface area contributed by atoms with Crippen LogP contribution in [0.2, 0.25) is 0 Å². The highest BCUT2D eigenvalue weighted by Gasteiger charge is 2.10. The summed E-state index contributed by atoms with van der Waals surface area (Å²) < 4.78 is 1.22. The molecule has 102 valence electrons. The summed E-state index contributed by atoms with van der Waals surface area (Å²) in [4.78, 5) is 2.25. The molecule has 1 aromatic carbocycles. The monoisotopic (exact) mass is 312 g/mol. The van der Waals surface area contributed by atoms with Gasteiger partial charge in [0, 0.05) is 10.5 Å². The Bertz CT molecular complexity index is 339. The lowest BCUT2D eigenvalue weighted by Crippen LogP contribution is -2.34. The Hall–Kier alpha value is -0.380. The Morgan fingerprint density at radius 1 is 1.28 bits per heavy atom. The van der Waals surface area contributed by atoms with E-state index >= 15 is 0 Å². The first-order valence-electron chi connectivity index (χ1n) is 6.75. The first-order valence-corrected chi connectivity index (χ1v) is 7.54. The van der Waals surface area contributed by atoms with Crippen molar-refractivity contribution in [2.75, 3.05) is 27.2 Å². The first-order chi connectivity index (χ1) is 8.63. The molecule has 0 aliphatic carbocycles. The number of hydrogen-bond donors (Lipinski definition) is 1. The van der Waals surface area contributed by atoms with Crippen LogP contribution < -0.4 is 5.32 Å². The average molecular weight is 313 g/mol. The predicted molar refractivity (Wildman–Crippen MR) is 83.1 cm³/mol. The minimum Gasteiger partial charge on any atom is -0.314 e. The van der Waals surface area contributed by atoms with Crippen molar-refractivity contribution in [2.24, 2.45) is 0 Å². The van der Waals surface area contributed by atoms with Crippen molar-refractivity contribution < 1.29 is 0 Å². The summed E-state index contributed by atoms with van der Waals surface area (Å²) in [6.45, 7) is 4.45. The van der Waals surface area contributed by atoms with E-state index in [2.05, 4.69) is 71.4 Å². The third kappa shape index (κ3) is 5.98. The molecule has 1 atom stereocenters. The number of benzene rings is 1. The molecule has 0 amide bonds. The van der Waals surface area contributed by atoms with Gasteiger partial charge in [0.25, 0.3) is 0 Å². The summed E-state index contributed by atoms with van der Waals surface area (Å²) in [6.07, 6.45) is 3.47. The van der Waals surface area contributed by atoms with Crippen molar-refractivity contribution in [1.82, 2.24) is 10.2 Å². The van der Waals surface area contributed by atoms with Crippen molar-refractivity contribution in [1.29, 1.82) is 0 Å². The van der Waals surface area contributed by atoms with Crippen LogP contribution in [0.25, 0.3) is 0 Å². The minimum absolute atomic E-state index is 0.561. The van der Waals surface area contributed by atoms with Gasteiger partial charge in [0.1, 0.15) is 0 Å². The minimum atomic E-state index is 0.561. The molecule has 0 aliphatic rings. The quantitative estimate of drug-likeness (QED) is 0.792. The molecule has 1 unspecified atom stereocenters. The molecule has 1 N–H and O–H groups in total. The van der Waals surface area contributed by atoms with E-state index in [4.69, 9.17) is 0 Å². The summed E-state index contributed by atoms with van der Waals surface area (Å²) in [5, 5.41) is 3.65. The molecule has 18 heavy (non-hydrogen) atoms. The molecule has 0 heterocycles. The molecule has 0 bridgehead atoms. The molecule has 0 fully saturated rings. The second kappa shape index (κ2) is 8.68. The third-order valence-corrected chi connectivity index (χ3v) is 3.81. The highest BCUT2D eigenvalue weighted by atomic mass is 79.9. The van der Waals surface area contributed by atoms with Gasteiger partial charge < -0.3 is 10.2 Å². The summed E-state index contributed by atoms with van der Waals surface area (Å²) in [6, 6.07) is 9.08. The van der Waals surface area contributed by atoms with E-state index in [-0.39, 0.29) is 0 Å². The van der Waals surface area contributed by atoms with Crippen LogP contribution in [-0.4, -0.2) is 38.1 Å². The van der Waals surface area contributed by atoms with E-state index in [1.807, 2.05) is 0 Å². The van der Waals surface area contributed by atoms with Crippen molar-refractivity contribution in [3.8, 4) is 0 Å². The molecule has 0 saturated heterocycles. The zero-order valence-corrected chi connectivity index (χ0v) is 13.3. The summed E-state index contributed by atoms with van der Waals surface area (Å²) in [5.41, 5.74) is 1.39. The van der Waals surface area contributed by atoms with E-state index < -0.39 is 0 Å². The van der Waals surface area contributed by atoms with Gasteiger partial charge >= 0.3 is 0 Å². The van der Waals surface area contributed by atoms with Gasteiger partial charge in [-0.1, -0.05) is 41.1 Å². The molecule has 0 aromatic heterocycles. The average Bonchev–Trinajstić information content (AvgIpc) is 2.35. The van der Waals surface area contributed by atoms with Gasteiger partial charge in [0.15, 0.2) is 0 Å². The molecular formula is C15H25BrN2. The van der Waals surface area contributed by atoms with Gasteiger partial charge in [0.2, 0.25) is 0 Å². The fourth-order valence-electron chi connectivity index (χ4n) is 1.97. The van der Waals surface area contributed by atoms with Crippen LogP contribution in [0.5, 0.6) is 0 Å². The number of nitrogens with zero attached hydrogens (tertiary/aromatic N) is 1. The Balaban J connectivity index is 2.56. The van der Waals surface area contributed by atoms with Crippen molar-refractivity contribution >= 4 is 15.9 Å². The lowest BCUT2D eigenvalue weighted by atomic mass is 10.0. The van der Waals surface area contributed by atoms with Gasteiger partial charge in [-0.15, -0.1) is 0 Å². The van der Waals surface area contributed by atoms with Crippen molar-refractivity contribution in [3.63, 3.8) is 0 Å². The highest BCUT2D eigenvalue weighted by Crippen LogP contribution is 2.18. The number of hydrogen-bond acceptors (Lipinski definition) is 2. The molecule has 1 aromatic rings. The van der Waals surface area contributed by atoms with Gasteiger partial charge in [-0.3, -0.25) is 0 Å². The van der Waals surface area contributed by atoms with E-state index in [9.17, 15) is 0 Å². The lowest BCUT2D eigenvalue weighted by Gasteiger charge is -2.21. The number of rotatable bonds is 8. The molecule has 0 spiro atoms. The first kappa shape index (κ1) is 15.7. The molecule has 1 rings (SSSR count). The van der Waals surface area contributed by atoms with Crippen LogP contribution in [0.15, 0.2) is 28.7 Å². The summed E-state index contributed by atoms with van der Waals surface area (Å²) >= 11 is 3.63. The van der Waals surface area contributed by atoms with Crippen LogP contribution in [0.4, 0.5) is 0 Å². The maximum Gasteiger partial charge on any atom is 0.0207 e. The Labute approximate surface area is 120 Å². The molecule has 0 radical (unpaired) electrons. The SMILES string of the molecule is CCCNC(CCN(C)C)Cc1ccccc1Br. The second-order valence-electron chi connectivity index (χ2n) is 5.04. The summed E-state index contributed by atoms with van der Waals surface area (Å²) in [7, 11) is 4.27. The van der Waals surface area contributed by atoms with E-state index in [0.29, 0.717) is 6.04 Å². The van der Waals surface area contributed by atoms with Gasteiger partial charge in [-0.05, 0) is 58.1 Å². The predicted octanol–water partition coefficient (Wildman–Crippen LogP) is 3.31. The lowest BCUT2D eigenvalue weighted by molar-refractivity contribution is 0.356. The number of nitrogens with one attached hydrogen (secondary N) is 1. The molecular weight excluding hydrogens is 288 g/mol. The zero-order chi connectivity index (χ0) is 13.4. The topological polar surface area (TPSA) is 15.3 Å². The molecule has 0 saturated carbocycles. The smallest absolute Gasteiger partial charge is 0.0207 e. The standard InChI is InChI=1S/C15H25BrN2/c1-4-10-17-14(9-11-18(2)3)12-13-7-5-6-8-15(13)16/h5-8,14,17H,4,9-12H2,1-3H3. The Kier molecular flexibility index (Phi) is 7.56. The van der Waals surface area contributed by atoms with Gasteiger partial charge in [-0.2, -0.15) is 0 Å². The van der Waals surface area contributed by atoms with Crippen LogP contribution in [0, 0.1) is 0 Å². The van der Waals surface area contributed by atoms with E-state index in [1.54, 1.807) is 0 Å². The normalized spacial score (nSPS) is 12.9. The van der Waals surface area contributed by atoms with Crippen LogP contribution >= 0.6 is 15.9 Å². The maximum absolute atomic E-state index is 3.65. The zero-order valence-electron chi connectivity index (χ0n) is 11.7. The molecule has 3 heteroatoms. The van der Waals surface area contributed by atoms with E-state index in [0.717, 1.165) is 19.5 Å². The van der Waals surface area contributed by atoms with Gasteiger partial charge in [-0.25, -0.2) is 0 Å². The highest BCUT2D eigenvalue weighted by molar-refractivity contribution is 9.10. The van der Waals surface area contributed by atoms with Crippen LogP contribution in [0.3, 0.4) is 0 Å². The Morgan fingerprint density at radius 2 is 2.00 bits per heavy atom. The molecule has 0 aliphatic heterocycles. The van der Waals surface area contributed by atoms with Crippen LogP contribution in [-0.2, 0) is 6.42 Å². The van der Waals surface area contributed by atoms with Crippen LogP contribution in [0.1, 0.15) is 25.3 Å². The third-order valence-electron chi connectivity index (χ3n) is 3.03. The summed E-state index contributed by atoms with van der Waals surface area (Å²) in [5.74, 6) is 0. The maximum atomic E-state index is 3.65. The second-order valence-corrected chi connectivity index (χ2v) is 5.89. The van der Waals surface area contributed by atoms with Gasteiger partial charge in [0.05, 0.1) is 0 Å². The van der Waals surface area contributed by atoms with Crippen molar-refractivity contribution in [2.45, 2.75) is 32.2 Å². The largest absolute Gasteiger partial charge is 0.314 e. The molecule has 2 nitrogen and oxygen atoms in total. The Morgan fingerprint density at radius 3 is 2.61 bits per heavy atom. The number of halogens is 1. The van der Waals surface area contributed by atoms with Crippen molar-refractivity contribution in [3.05, 3.63) is 34.3 Å². The van der Waals surface area contributed by atoms with E-state index in [1.165, 1.54) is 22.9 Å². The fraction of sp³-hybridized carbons (Fsp3) is 0.600.